The fraction of sp³-hybridized carbons (Fsp3) is 0.250. The van der Waals surface area contributed by atoms with Crippen molar-refractivity contribution in [3.05, 3.63) is 87.9 Å². The molecule has 0 aliphatic rings. The van der Waals surface area contributed by atoms with E-state index in [0.717, 1.165) is 52.4 Å². The Morgan fingerprint density at radius 2 is 1.57 bits per heavy atom. The first-order chi connectivity index (χ1) is 14.2. The Hall–Kier alpha value is -2.21. The molecule has 160 valence electrons. The molecule has 0 fully saturated rings. The smallest absolute Gasteiger partial charge is 0.175 e. The minimum atomic E-state index is 0. The SMILES string of the molecule is COc1ccc(CCNCc2cc(Br)c(OCc3ccccc3)c(OC)c2)cc1.Cl. The van der Waals surface area contributed by atoms with Crippen LogP contribution in [0, 0.1) is 0 Å². The molecular formula is C24H27BrClNO3. The minimum Gasteiger partial charge on any atom is -0.497 e. The fourth-order valence-electron chi connectivity index (χ4n) is 3.00. The van der Waals surface area contributed by atoms with Crippen molar-refractivity contribution in [1.82, 2.24) is 5.32 Å². The first-order valence-corrected chi connectivity index (χ1v) is 10.4. The molecule has 6 heteroatoms. The van der Waals surface area contributed by atoms with Gasteiger partial charge in [0.2, 0.25) is 0 Å². The molecule has 0 radical (unpaired) electrons. The lowest BCUT2D eigenvalue weighted by Crippen LogP contribution is -2.16. The largest absolute Gasteiger partial charge is 0.497 e. The summed E-state index contributed by atoms with van der Waals surface area (Å²) >= 11 is 3.63. The summed E-state index contributed by atoms with van der Waals surface area (Å²) < 4.78 is 17.6. The second kappa shape index (κ2) is 12.5. The number of nitrogens with one attached hydrogen (secondary N) is 1. The average Bonchev–Trinajstić information content (AvgIpc) is 2.76. The molecule has 30 heavy (non-hydrogen) atoms. The molecule has 0 atom stereocenters. The summed E-state index contributed by atoms with van der Waals surface area (Å²) in [7, 11) is 3.35. The lowest BCUT2D eigenvalue weighted by molar-refractivity contribution is 0.282. The summed E-state index contributed by atoms with van der Waals surface area (Å²) in [5.74, 6) is 2.33. The van der Waals surface area contributed by atoms with Crippen LogP contribution in [0.2, 0.25) is 0 Å². The summed E-state index contributed by atoms with van der Waals surface area (Å²) in [4.78, 5) is 0. The van der Waals surface area contributed by atoms with Gasteiger partial charge in [0.15, 0.2) is 11.5 Å². The zero-order chi connectivity index (χ0) is 20.5. The van der Waals surface area contributed by atoms with Crippen LogP contribution in [-0.2, 0) is 19.6 Å². The van der Waals surface area contributed by atoms with Crippen LogP contribution in [0.3, 0.4) is 0 Å². The van der Waals surface area contributed by atoms with Gasteiger partial charge in [-0.3, -0.25) is 0 Å². The molecule has 1 N–H and O–H groups in total. The summed E-state index contributed by atoms with van der Waals surface area (Å²) in [6.45, 7) is 2.14. The molecule has 3 rings (SSSR count). The van der Waals surface area contributed by atoms with Gasteiger partial charge in [-0.1, -0.05) is 42.5 Å². The maximum atomic E-state index is 6.00. The predicted molar refractivity (Wildman–Crippen MR) is 127 cm³/mol. The summed E-state index contributed by atoms with van der Waals surface area (Å²) in [6.07, 6.45) is 0.959. The maximum absolute atomic E-state index is 6.00. The van der Waals surface area contributed by atoms with Gasteiger partial charge >= 0.3 is 0 Å². The van der Waals surface area contributed by atoms with E-state index in [-0.39, 0.29) is 12.4 Å². The summed E-state index contributed by atoms with van der Waals surface area (Å²) in [5, 5.41) is 3.49. The normalized spacial score (nSPS) is 10.2. The highest BCUT2D eigenvalue weighted by molar-refractivity contribution is 9.10. The molecule has 0 bridgehead atoms. The molecule has 0 aliphatic heterocycles. The number of ether oxygens (including phenoxy) is 3. The van der Waals surface area contributed by atoms with Crippen molar-refractivity contribution in [2.45, 2.75) is 19.6 Å². The molecule has 0 saturated carbocycles. The van der Waals surface area contributed by atoms with Crippen LogP contribution in [0.1, 0.15) is 16.7 Å². The van der Waals surface area contributed by atoms with Crippen LogP contribution < -0.4 is 19.5 Å². The van der Waals surface area contributed by atoms with Gasteiger partial charge in [0, 0.05) is 6.54 Å². The van der Waals surface area contributed by atoms with E-state index >= 15 is 0 Å². The zero-order valence-electron chi connectivity index (χ0n) is 17.2. The van der Waals surface area contributed by atoms with E-state index < -0.39 is 0 Å². The van der Waals surface area contributed by atoms with E-state index in [2.05, 4.69) is 39.4 Å². The van der Waals surface area contributed by atoms with E-state index in [9.17, 15) is 0 Å². The van der Waals surface area contributed by atoms with Crippen LogP contribution in [0.25, 0.3) is 0 Å². The highest BCUT2D eigenvalue weighted by Crippen LogP contribution is 2.37. The molecular weight excluding hydrogens is 466 g/mol. The van der Waals surface area contributed by atoms with Gasteiger partial charge in [0.05, 0.1) is 18.7 Å². The second-order valence-corrected chi connectivity index (χ2v) is 7.51. The molecule has 0 amide bonds. The van der Waals surface area contributed by atoms with Crippen LogP contribution in [0.15, 0.2) is 71.2 Å². The van der Waals surface area contributed by atoms with Crippen molar-refractivity contribution in [3.8, 4) is 17.2 Å². The minimum absolute atomic E-state index is 0. The van der Waals surface area contributed by atoms with Gasteiger partial charge in [-0.25, -0.2) is 0 Å². The predicted octanol–water partition coefficient (Wildman–Crippen LogP) is 5.80. The van der Waals surface area contributed by atoms with Crippen molar-refractivity contribution in [2.24, 2.45) is 0 Å². The molecule has 3 aromatic rings. The number of benzene rings is 3. The fourth-order valence-corrected chi connectivity index (χ4v) is 3.61. The topological polar surface area (TPSA) is 39.7 Å². The van der Waals surface area contributed by atoms with E-state index in [1.807, 2.05) is 48.5 Å². The summed E-state index contributed by atoms with van der Waals surface area (Å²) in [5.41, 5.74) is 3.53. The van der Waals surface area contributed by atoms with E-state index in [1.54, 1.807) is 14.2 Å². The van der Waals surface area contributed by atoms with Crippen LogP contribution in [0.4, 0.5) is 0 Å². The highest BCUT2D eigenvalue weighted by atomic mass is 79.9. The zero-order valence-corrected chi connectivity index (χ0v) is 19.6. The molecule has 0 aromatic heterocycles. The first-order valence-electron chi connectivity index (χ1n) is 9.56. The van der Waals surface area contributed by atoms with Gasteiger partial charge < -0.3 is 19.5 Å². The van der Waals surface area contributed by atoms with Crippen molar-refractivity contribution in [2.75, 3.05) is 20.8 Å². The number of methoxy groups -OCH3 is 2. The third-order valence-corrected chi connectivity index (χ3v) is 5.18. The molecule has 3 aromatic carbocycles. The van der Waals surface area contributed by atoms with Gasteiger partial charge in [0.25, 0.3) is 0 Å². The monoisotopic (exact) mass is 491 g/mol. The van der Waals surface area contributed by atoms with E-state index in [1.165, 1.54) is 5.56 Å². The third-order valence-electron chi connectivity index (χ3n) is 4.59. The number of rotatable bonds is 10. The lowest BCUT2D eigenvalue weighted by atomic mass is 10.1. The second-order valence-electron chi connectivity index (χ2n) is 6.66. The standard InChI is InChI=1S/C24H26BrNO3.ClH/c1-27-21-10-8-18(9-11-21)12-13-26-16-20-14-22(25)24(23(15-20)28-2)29-17-19-6-4-3-5-7-19;/h3-11,14-15,26H,12-13,16-17H2,1-2H3;1H. The first kappa shape index (κ1) is 24.1. The maximum Gasteiger partial charge on any atom is 0.175 e. The van der Waals surface area contributed by atoms with Gasteiger partial charge in [-0.15, -0.1) is 12.4 Å². The Labute approximate surface area is 193 Å². The molecule has 4 nitrogen and oxygen atoms in total. The van der Waals surface area contributed by atoms with Crippen molar-refractivity contribution < 1.29 is 14.2 Å². The quantitative estimate of drug-likeness (QED) is 0.363. The molecule has 0 aliphatic carbocycles. The number of hydrogen-bond acceptors (Lipinski definition) is 4. The van der Waals surface area contributed by atoms with Crippen molar-refractivity contribution in [3.63, 3.8) is 0 Å². The van der Waals surface area contributed by atoms with Gasteiger partial charge in [-0.05, 0) is 69.9 Å². The summed E-state index contributed by atoms with van der Waals surface area (Å²) in [6, 6.07) is 22.4. The van der Waals surface area contributed by atoms with Crippen molar-refractivity contribution >= 4 is 28.3 Å². The average molecular weight is 493 g/mol. The van der Waals surface area contributed by atoms with Crippen molar-refractivity contribution in [1.29, 1.82) is 0 Å². The Kier molecular flexibility index (Phi) is 10.0. The van der Waals surface area contributed by atoms with E-state index in [0.29, 0.717) is 6.61 Å². The van der Waals surface area contributed by atoms with E-state index in [4.69, 9.17) is 14.2 Å². The molecule has 0 unspecified atom stereocenters. The van der Waals surface area contributed by atoms with Crippen LogP contribution in [0.5, 0.6) is 17.2 Å². The Morgan fingerprint density at radius 3 is 2.23 bits per heavy atom. The lowest BCUT2D eigenvalue weighted by Gasteiger charge is -2.15. The Bertz CT molecular complexity index is 904. The molecule has 0 saturated heterocycles. The van der Waals surface area contributed by atoms with Gasteiger partial charge in [-0.2, -0.15) is 0 Å². The molecule has 0 heterocycles. The number of hydrogen-bond donors (Lipinski definition) is 1. The molecule has 0 spiro atoms. The van der Waals surface area contributed by atoms with Crippen LogP contribution >= 0.6 is 28.3 Å². The third kappa shape index (κ3) is 6.94. The number of halogens is 2. The van der Waals surface area contributed by atoms with Gasteiger partial charge in [0.1, 0.15) is 12.4 Å². The Morgan fingerprint density at radius 1 is 0.833 bits per heavy atom. The highest BCUT2D eigenvalue weighted by Gasteiger charge is 2.12. The van der Waals surface area contributed by atoms with Crippen LogP contribution in [-0.4, -0.2) is 20.8 Å². The Balaban J connectivity index is 0.00000320.